The number of carbonyl (C=O) groups is 1. The van der Waals surface area contributed by atoms with Gasteiger partial charge in [-0.25, -0.2) is 4.39 Å². The minimum absolute atomic E-state index is 0.0648. The second-order valence-electron chi connectivity index (χ2n) is 2.78. The van der Waals surface area contributed by atoms with Gasteiger partial charge in [-0.15, -0.1) is 0 Å². The van der Waals surface area contributed by atoms with E-state index in [1.807, 2.05) is 6.92 Å². The van der Waals surface area contributed by atoms with E-state index < -0.39 is 11.6 Å². The second-order valence-corrected chi connectivity index (χ2v) is 2.78. The van der Waals surface area contributed by atoms with Gasteiger partial charge in [-0.05, 0) is 18.6 Å². The van der Waals surface area contributed by atoms with Gasteiger partial charge >= 0.3 is 0 Å². The number of rotatable bonds is 4. The van der Waals surface area contributed by atoms with Crippen LogP contribution < -0.4 is 4.74 Å². The van der Waals surface area contributed by atoms with Crippen LogP contribution >= 0.6 is 0 Å². The third-order valence-corrected chi connectivity index (χ3v) is 1.61. The number of hydrogen-bond acceptors (Lipinski definition) is 2. The smallest absolute Gasteiger partial charge is 0.200 e. The van der Waals surface area contributed by atoms with Gasteiger partial charge < -0.3 is 4.74 Å². The topological polar surface area (TPSA) is 26.3 Å². The fourth-order valence-corrected chi connectivity index (χ4v) is 0.969. The van der Waals surface area contributed by atoms with Crippen molar-refractivity contribution in [3.63, 3.8) is 0 Å². The predicted octanol–water partition coefficient (Wildman–Crippen LogP) is 2.57. The first kappa shape index (κ1) is 10.6. The maximum absolute atomic E-state index is 13.0. The Labute approximate surface area is 80.5 Å². The monoisotopic (exact) mass is 200 g/mol. The van der Waals surface area contributed by atoms with Crippen molar-refractivity contribution < 1.29 is 18.3 Å². The summed E-state index contributed by atoms with van der Waals surface area (Å²) in [7, 11) is 0. The molecule has 0 spiro atoms. The molecule has 0 aromatic heterocycles. The zero-order chi connectivity index (χ0) is 10.6. The fraction of sp³-hybridized carbons (Fsp3) is 0.300. The second kappa shape index (κ2) is 4.69. The van der Waals surface area contributed by atoms with Crippen LogP contribution in [0, 0.1) is 11.6 Å². The summed E-state index contributed by atoms with van der Waals surface area (Å²) in [5, 5.41) is 0. The lowest BCUT2D eigenvalue weighted by Crippen LogP contribution is -2.00. The Balaban J connectivity index is 3.00. The Kier molecular flexibility index (Phi) is 3.56. The molecule has 1 rings (SSSR count). The molecule has 1 aromatic carbocycles. The summed E-state index contributed by atoms with van der Waals surface area (Å²) in [5.41, 5.74) is 0.0648. The van der Waals surface area contributed by atoms with Gasteiger partial charge in [-0.1, -0.05) is 6.92 Å². The fourth-order valence-electron chi connectivity index (χ4n) is 0.969. The summed E-state index contributed by atoms with van der Waals surface area (Å²) < 4.78 is 30.8. The van der Waals surface area contributed by atoms with Crippen molar-refractivity contribution in [2.45, 2.75) is 13.3 Å². The summed E-state index contributed by atoms with van der Waals surface area (Å²) in [6.07, 6.45) is 1.13. The Hall–Kier alpha value is -1.45. The summed E-state index contributed by atoms with van der Waals surface area (Å²) in [6.45, 7) is 2.14. The highest BCUT2D eigenvalue weighted by Gasteiger charge is 2.11. The summed E-state index contributed by atoms with van der Waals surface area (Å²) in [4.78, 5) is 10.4. The summed E-state index contributed by atoms with van der Waals surface area (Å²) in [5.74, 6) is -2.33. The van der Waals surface area contributed by atoms with E-state index in [-0.39, 0.29) is 11.3 Å². The van der Waals surface area contributed by atoms with Crippen molar-refractivity contribution >= 4 is 6.29 Å². The molecule has 0 aliphatic carbocycles. The lowest BCUT2D eigenvalue weighted by atomic mass is 10.2. The van der Waals surface area contributed by atoms with E-state index in [4.69, 9.17) is 4.74 Å². The minimum Gasteiger partial charge on any atom is -0.490 e. The molecular weight excluding hydrogens is 190 g/mol. The van der Waals surface area contributed by atoms with Crippen LogP contribution in [0.25, 0.3) is 0 Å². The average molecular weight is 200 g/mol. The third kappa shape index (κ3) is 2.28. The molecule has 0 fully saturated rings. The Bertz CT molecular complexity index is 337. The molecule has 0 aliphatic rings. The maximum atomic E-state index is 13.0. The molecule has 0 atom stereocenters. The molecule has 2 nitrogen and oxygen atoms in total. The molecule has 14 heavy (non-hydrogen) atoms. The van der Waals surface area contributed by atoms with Crippen LogP contribution in [0.5, 0.6) is 5.75 Å². The van der Waals surface area contributed by atoms with Gasteiger partial charge in [0.25, 0.3) is 0 Å². The predicted molar refractivity (Wildman–Crippen MR) is 47.5 cm³/mol. The van der Waals surface area contributed by atoms with E-state index in [1.165, 1.54) is 6.07 Å². The molecule has 0 unspecified atom stereocenters. The Morgan fingerprint density at radius 2 is 2.14 bits per heavy atom. The Morgan fingerprint density at radius 1 is 1.43 bits per heavy atom. The van der Waals surface area contributed by atoms with Gasteiger partial charge in [-0.3, -0.25) is 4.79 Å². The van der Waals surface area contributed by atoms with Crippen molar-refractivity contribution in [2.75, 3.05) is 6.61 Å². The van der Waals surface area contributed by atoms with Gasteiger partial charge in [-0.2, -0.15) is 4.39 Å². The van der Waals surface area contributed by atoms with Gasteiger partial charge in [0, 0.05) is 5.56 Å². The van der Waals surface area contributed by atoms with Gasteiger partial charge in [0.05, 0.1) is 6.61 Å². The van der Waals surface area contributed by atoms with Crippen molar-refractivity contribution in [1.82, 2.24) is 0 Å². The van der Waals surface area contributed by atoms with E-state index >= 15 is 0 Å². The molecule has 0 N–H and O–H groups in total. The Morgan fingerprint density at radius 3 is 2.71 bits per heavy atom. The first-order chi connectivity index (χ1) is 6.69. The highest BCUT2D eigenvalue weighted by atomic mass is 19.2. The summed E-state index contributed by atoms with van der Waals surface area (Å²) in [6, 6.07) is 2.02. The van der Waals surface area contributed by atoms with Crippen molar-refractivity contribution in [3.8, 4) is 5.75 Å². The van der Waals surface area contributed by atoms with Crippen molar-refractivity contribution in [2.24, 2.45) is 0 Å². The molecule has 0 bridgehead atoms. The van der Waals surface area contributed by atoms with Crippen molar-refractivity contribution in [3.05, 3.63) is 29.3 Å². The number of ether oxygens (including phenoxy) is 1. The molecular formula is C10H10F2O2. The largest absolute Gasteiger partial charge is 0.490 e. The van der Waals surface area contributed by atoms with Crippen LogP contribution in [-0.2, 0) is 0 Å². The van der Waals surface area contributed by atoms with E-state index in [0.29, 0.717) is 19.3 Å². The van der Waals surface area contributed by atoms with E-state index in [9.17, 15) is 13.6 Å². The zero-order valence-corrected chi connectivity index (χ0v) is 7.72. The molecule has 0 amide bonds. The average Bonchev–Trinajstić information content (AvgIpc) is 2.20. The minimum atomic E-state index is -1.07. The van der Waals surface area contributed by atoms with Crippen LogP contribution in [0.2, 0.25) is 0 Å². The molecule has 0 aliphatic heterocycles. The highest BCUT2D eigenvalue weighted by Crippen LogP contribution is 2.21. The third-order valence-electron chi connectivity index (χ3n) is 1.61. The van der Waals surface area contributed by atoms with Gasteiger partial charge in [0.15, 0.2) is 11.6 Å². The van der Waals surface area contributed by atoms with E-state index in [0.717, 1.165) is 6.07 Å². The lowest BCUT2D eigenvalue weighted by molar-refractivity contribution is 0.112. The zero-order valence-electron chi connectivity index (χ0n) is 7.72. The quantitative estimate of drug-likeness (QED) is 0.698. The summed E-state index contributed by atoms with van der Waals surface area (Å²) >= 11 is 0. The van der Waals surface area contributed by atoms with E-state index in [1.54, 1.807) is 0 Å². The van der Waals surface area contributed by atoms with Crippen LogP contribution in [0.1, 0.15) is 23.7 Å². The molecule has 0 saturated heterocycles. The highest BCUT2D eigenvalue weighted by molar-refractivity contribution is 5.75. The van der Waals surface area contributed by atoms with Crippen LogP contribution in [0.15, 0.2) is 12.1 Å². The van der Waals surface area contributed by atoms with E-state index in [2.05, 4.69) is 0 Å². The van der Waals surface area contributed by atoms with Crippen molar-refractivity contribution in [1.29, 1.82) is 0 Å². The first-order valence-corrected chi connectivity index (χ1v) is 4.26. The standard InChI is InChI=1S/C10H10F2O2/c1-2-3-14-9-5-7(6-13)4-8(11)10(9)12/h4-6H,2-3H2,1H3. The van der Waals surface area contributed by atoms with Crippen LogP contribution in [0.4, 0.5) is 8.78 Å². The number of aldehydes is 1. The number of carbonyl (C=O) groups excluding carboxylic acids is 1. The SMILES string of the molecule is CCCOc1cc(C=O)cc(F)c1F. The molecule has 76 valence electrons. The molecule has 0 heterocycles. The number of halogens is 2. The van der Waals surface area contributed by atoms with Gasteiger partial charge in [0.1, 0.15) is 6.29 Å². The number of hydrogen-bond donors (Lipinski definition) is 0. The molecule has 0 radical (unpaired) electrons. The van der Waals surface area contributed by atoms with Crippen LogP contribution in [-0.4, -0.2) is 12.9 Å². The van der Waals surface area contributed by atoms with Gasteiger partial charge in [0.2, 0.25) is 5.82 Å². The molecule has 4 heteroatoms. The first-order valence-electron chi connectivity index (χ1n) is 4.26. The maximum Gasteiger partial charge on any atom is 0.200 e. The van der Waals surface area contributed by atoms with Crippen LogP contribution in [0.3, 0.4) is 0 Å². The normalized spacial score (nSPS) is 9.93. The lowest BCUT2D eigenvalue weighted by Gasteiger charge is -2.06. The number of benzene rings is 1. The molecule has 0 saturated carbocycles. The molecule has 1 aromatic rings.